The summed E-state index contributed by atoms with van der Waals surface area (Å²) >= 11 is 2.07. The highest BCUT2D eigenvalue weighted by atomic mass is 32.2. The molecule has 0 unspecified atom stereocenters. The second kappa shape index (κ2) is 8.19. The molecule has 1 aliphatic rings. The second-order valence-electron chi connectivity index (χ2n) is 6.17. The van der Waals surface area contributed by atoms with Crippen molar-refractivity contribution in [3.63, 3.8) is 0 Å². The Morgan fingerprint density at radius 1 is 1.36 bits per heavy atom. The van der Waals surface area contributed by atoms with E-state index in [1.54, 1.807) is 13.8 Å². The van der Waals surface area contributed by atoms with Crippen LogP contribution in [0.5, 0.6) is 0 Å². The van der Waals surface area contributed by atoms with Crippen molar-refractivity contribution in [3.05, 3.63) is 21.8 Å². The van der Waals surface area contributed by atoms with Crippen molar-refractivity contribution in [1.82, 2.24) is 14.9 Å². The van der Waals surface area contributed by atoms with Gasteiger partial charge in [0.1, 0.15) is 5.00 Å². The molecule has 12 heteroatoms. The summed E-state index contributed by atoms with van der Waals surface area (Å²) in [5, 5.41) is 11.4. The minimum atomic E-state index is -0.674. The summed E-state index contributed by atoms with van der Waals surface area (Å²) in [6.45, 7) is 3.42. The van der Waals surface area contributed by atoms with E-state index in [2.05, 4.69) is 15.5 Å². The zero-order valence-electron chi connectivity index (χ0n) is 15.4. The van der Waals surface area contributed by atoms with E-state index < -0.39 is 11.9 Å². The lowest BCUT2D eigenvalue weighted by atomic mass is 10.1. The van der Waals surface area contributed by atoms with Crippen molar-refractivity contribution in [2.75, 3.05) is 23.5 Å². The van der Waals surface area contributed by atoms with Gasteiger partial charge in [0.25, 0.3) is 5.91 Å². The number of nitrogens with two attached hydrogens (primary N) is 2. The molecule has 1 saturated carbocycles. The van der Waals surface area contributed by atoms with Gasteiger partial charge in [0.15, 0.2) is 5.82 Å². The van der Waals surface area contributed by atoms with Crippen LogP contribution in [0, 0.1) is 6.92 Å². The van der Waals surface area contributed by atoms with Crippen molar-refractivity contribution in [2.24, 2.45) is 5.73 Å². The number of anilines is 1. The summed E-state index contributed by atoms with van der Waals surface area (Å²) in [7, 11) is 0. The number of esters is 1. The average molecular weight is 425 g/mol. The normalized spacial score (nSPS) is 13.4. The van der Waals surface area contributed by atoms with Crippen LogP contribution in [-0.4, -0.2) is 45.0 Å². The quantitative estimate of drug-likeness (QED) is 0.325. The number of nitrogens with one attached hydrogen (secondary N) is 1. The van der Waals surface area contributed by atoms with Gasteiger partial charge in [-0.25, -0.2) is 9.47 Å². The van der Waals surface area contributed by atoms with Gasteiger partial charge in [0.2, 0.25) is 11.1 Å². The van der Waals surface area contributed by atoms with Crippen LogP contribution < -0.4 is 16.9 Å². The molecular formula is C16H20N6O4S2. The van der Waals surface area contributed by atoms with E-state index in [4.69, 9.17) is 16.3 Å². The van der Waals surface area contributed by atoms with Gasteiger partial charge in [0.05, 0.1) is 22.8 Å². The predicted octanol–water partition coefficient (Wildman–Crippen LogP) is 1.25. The van der Waals surface area contributed by atoms with Crippen LogP contribution in [0.4, 0.5) is 5.00 Å². The molecule has 5 N–H and O–H groups in total. The third-order valence-corrected chi connectivity index (χ3v) is 6.23. The lowest BCUT2D eigenvalue weighted by Crippen LogP contribution is -2.18. The number of thioether (sulfide) groups is 1. The molecule has 0 atom stereocenters. The minimum Gasteiger partial charge on any atom is -0.462 e. The van der Waals surface area contributed by atoms with Gasteiger partial charge in [-0.05, 0) is 32.3 Å². The zero-order valence-corrected chi connectivity index (χ0v) is 17.0. The molecule has 10 nitrogen and oxygen atoms in total. The first-order chi connectivity index (χ1) is 13.3. The Labute approximate surface area is 169 Å². The highest BCUT2D eigenvalue weighted by molar-refractivity contribution is 7.99. The molecule has 0 spiro atoms. The van der Waals surface area contributed by atoms with Crippen molar-refractivity contribution in [3.8, 4) is 0 Å². The van der Waals surface area contributed by atoms with E-state index >= 15 is 0 Å². The smallest absolute Gasteiger partial charge is 0.341 e. The minimum absolute atomic E-state index is 0.00508. The molecule has 0 saturated heterocycles. The summed E-state index contributed by atoms with van der Waals surface area (Å²) in [6, 6.07) is 0. The third kappa shape index (κ3) is 4.12. The molecule has 2 aromatic heterocycles. The molecule has 1 fully saturated rings. The fraction of sp³-hybridized carbons (Fsp3) is 0.438. The topological polar surface area (TPSA) is 155 Å². The van der Waals surface area contributed by atoms with E-state index in [-0.39, 0.29) is 33.7 Å². The molecule has 0 radical (unpaired) electrons. The number of hydrogen-bond donors (Lipinski definition) is 3. The third-order valence-electron chi connectivity index (χ3n) is 4.07. The highest BCUT2D eigenvalue weighted by Crippen LogP contribution is 2.39. The Morgan fingerprint density at radius 2 is 2.07 bits per heavy atom. The van der Waals surface area contributed by atoms with Crippen LogP contribution in [0.3, 0.4) is 0 Å². The number of hydrogen-bond acceptors (Lipinski definition) is 9. The number of nitrogen functional groups attached to an aromatic ring is 1. The Kier molecular flexibility index (Phi) is 5.89. The Bertz CT molecular complexity index is 934. The number of nitrogens with zero attached hydrogens (tertiary/aromatic N) is 3. The molecule has 0 aromatic carbocycles. The number of thiophene rings is 1. The average Bonchev–Trinajstić information content (AvgIpc) is 3.33. The van der Waals surface area contributed by atoms with Gasteiger partial charge in [-0.15, -0.1) is 21.5 Å². The van der Waals surface area contributed by atoms with Gasteiger partial charge in [-0.1, -0.05) is 11.8 Å². The molecule has 150 valence electrons. The largest absolute Gasteiger partial charge is 0.462 e. The first-order valence-electron chi connectivity index (χ1n) is 8.56. The first kappa shape index (κ1) is 20.1. The molecular weight excluding hydrogens is 404 g/mol. The van der Waals surface area contributed by atoms with Crippen LogP contribution in [-0.2, 0) is 9.53 Å². The molecule has 3 rings (SSSR count). The zero-order chi connectivity index (χ0) is 20.4. The first-order valence-corrected chi connectivity index (χ1v) is 10.4. The fourth-order valence-electron chi connectivity index (χ4n) is 2.59. The Balaban J connectivity index is 1.71. The standard InChI is InChI=1S/C16H20N6O4S2/c1-3-26-15(25)10-7(2)11(12(17)24)28-14(10)19-9(23)6-27-16-21-20-13(22(16)18)8-4-5-8/h8H,3-6,18H2,1-2H3,(H2,17,24)(H,19,23). The molecule has 2 amide bonds. The Hall–Kier alpha value is -2.60. The maximum atomic E-state index is 12.4. The lowest BCUT2D eigenvalue weighted by molar-refractivity contribution is -0.113. The predicted molar refractivity (Wildman–Crippen MR) is 105 cm³/mol. The van der Waals surface area contributed by atoms with Crippen LogP contribution in [0.25, 0.3) is 0 Å². The van der Waals surface area contributed by atoms with Crippen LogP contribution >= 0.6 is 23.1 Å². The van der Waals surface area contributed by atoms with E-state index in [0.29, 0.717) is 22.5 Å². The fourth-order valence-corrected chi connectivity index (χ4v) is 4.31. The molecule has 28 heavy (non-hydrogen) atoms. The highest BCUT2D eigenvalue weighted by Gasteiger charge is 2.30. The molecule has 2 heterocycles. The molecule has 1 aliphatic carbocycles. The SMILES string of the molecule is CCOC(=O)c1c(NC(=O)CSc2nnc(C3CC3)n2N)sc(C(N)=O)c1C. The van der Waals surface area contributed by atoms with Gasteiger partial charge < -0.3 is 21.6 Å². The summed E-state index contributed by atoms with van der Waals surface area (Å²) in [5.74, 6) is 5.35. The van der Waals surface area contributed by atoms with E-state index in [1.807, 2.05) is 0 Å². The maximum Gasteiger partial charge on any atom is 0.341 e. The number of primary amides is 1. The van der Waals surface area contributed by atoms with Crippen molar-refractivity contribution >= 4 is 45.9 Å². The second-order valence-corrected chi connectivity index (χ2v) is 8.13. The van der Waals surface area contributed by atoms with Gasteiger partial charge >= 0.3 is 5.97 Å². The summed E-state index contributed by atoms with van der Waals surface area (Å²) in [5.41, 5.74) is 5.88. The number of carbonyl (C=O) groups is 3. The number of ether oxygens (including phenoxy) is 1. The van der Waals surface area contributed by atoms with Crippen LogP contribution in [0.2, 0.25) is 0 Å². The number of carbonyl (C=O) groups excluding carboxylic acids is 3. The summed E-state index contributed by atoms with van der Waals surface area (Å²) < 4.78 is 6.42. The van der Waals surface area contributed by atoms with Crippen LogP contribution in [0.15, 0.2) is 5.16 Å². The molecule has 2 aromatic rings. The summed E-state index contributed by atoms with van der Waals surface area (Å²) in [4.78, 5) is 36.4. The van der Waals surface area contributed by atoms with Gasteiger partial charge in [-0.2, -0.15) is 0 Å². The van der Waals surface area contributed by atoms with Gasteiger partial charge in [0, 0.05) is 5.92 Å². The van der Waals surface area contributed by atoms with E-state index in [0.717, 1.165) is 35.9 Å². The molecule has 0 aliphatic heterocycles. The molecule has 0 bridgehead atoms. The Morgan fingerprint density at radius 3 is 2.68 bits per heavy atom. The number of aromatic nitrogens is 3. The number of amides is 2. The number of rotatable bonds is 8. The van der Waals surface area contributed by atoms with Crippen molar-refractivity contribution in [2.45, 2.75) is 37.8 Å². The monoisotopic (exact) mass is 424 g/mol. The lowest BCUT2D eigenvalue weighted by Gasteiger charge is -2.07. The van der Waals surface area contributed by atoms with Crippen molar-refractivity contribution in [1.29, 1.82) is 0 Å². The van der Waals surface area contributed by atoms with E-state index in [1.165, 1.54) is 4.68 Å². The summed E-state index contributed by atoms with van der Waals surface area (Å²) in [6.07, 6.45) is 2.08. The van der Waals surface area contributed by atoms with Crippen LogP contribution in [0.1, 0.15) is 57.1 Å². The van der Waals surface area contributed by atoms with Crippen molar-refractivity contribution < 1.29 is 19.1 Å². The van der Waals surface area contributed by atoms with Gasteiger partial charge in [-0.3, -0.25) is 9.59 Å². The van der Waals surface area contributed by atoms with E-state index in [9.17, 15) is 14.4 Å². The maximum absolute atomic E-state index is 12.4.